The van der Waals surface area contributed by atoms with Gasteiger partial charge in [-0.25, -0.2) is 4.79 Å². The fourth-order valence-corrected chi connectivity index (χ4v) is 3.24. The summed E-state index contributed by atoms with van der Waals surface area (Å²) in [6, 6.07) is 7.47. The molecule has 2 atom stereocenters. The van der Waals surface area contributed by atoms with Crippen molar-refractivity contribution in [2.24, 2.45) is 11.7 Å². The quantitative estimate of drug-likeness (QED) is 0.919. The van der Waals surface area contributed by atoms with E-state index in [-0.39, 0.29) is 11.9 Å². The number of amides is 1. The van der Waals surface area contributed by atoms with E-state index in [4.69, 9.17) is 10.2 Å². The summed E-state index contributed by atoms with van der Waals surface area (Å²) in [6.07, 6.45) is 1.25. The number of nitrogens with zero attached hydrogens (tertiary/aromatic N) is 2. The maximum absolute atomic E-state index is 12.4. The molecule has 6 nitrogen and oxygen atoms in total. The van der Waals surface area contributed by atoms with Gasteiger partial charge < -0.3 is 15.1 Å². The van der Waals surface area contributed by atoms with Gasteiger partial charge >= 0.3 is 5.76 Å². The van der Waals surface area contributed by atoms with Crippen LogP contribution in [0.25, 0.3) is 11.1 Å². The maximum atomic E-state index is 12.4. The van der Waals surface area contributed by atoms with Crippen LogP contribution >= 0.6 is 0 Å². The van der Waals surface area contributed by atoms with E-state index < -0.39 is 5.76 Å². The van der Waals surface area contributed by atoms with Crippen molar-refractivity contribution in [3.8, 4) is 0 Å². The predicted molar refractivity (Wildman–Crippen MR) is 83.4 cm³/mol. The normalized spacial score (nSPS) is 21.6. The summed E-state index contributed by atoms with van der Waals surface area (Å²) in [6.45, 7) is 3.72. The second kappa shape index (κ2) is 5.96. The van der Waals surface area contributed by atoms with Crippen molar-refractivity contribution in [3.63, 3.8) is 0 Å². The van der Waals surface area contributed by atoms with Gasteiger partial charge in [-0.2, -0.15) is 0 Å². The van der Waals surface area contributed by atoms with Gasteiger partial charge in [-0.1, -0.05) is 12.1 Å². The highest BCUT2D eigenvalue weighted by molar-refractivity contribution is 5.77. The average Bonchev–Trinajstić information content (AvgIpc) is 3.04. The zero-order valence-corrected chi connectivity index (χ0v) is 12.7. The standard InChI is InChI=1S/C16H21N3O3/c1-11-8-12(9-17)10-19(11)15(20)6-7-18-13-4-2-3-5-14(13)22-16(18)21/h2-5,11-12H,6-10,17H2,1H3. The van der Waals surface area contributed by atoms with Gasteiger partial charge in [-0.15, -0.1) is 0 Å². The Morgan fingerprint density at radius 3 is 2.91 bits per heavy atom. The molecular formula is C16H21N3O3. The molecule has 1 aromatic heterocycles. The molecule has 1 saturated heterocycles. The van der Waals surface area contributed by atoms with Crippen LogP contribution in [-0.4, -0.2) is 34.5 Å². The third-order valence-corrected chi connectivity index (χ3v) is 4.44. The summed E-state index contributed by atoms with van der Waals surface area (Å²) in [5.41, 5.74) is 6.98. The Bertz CT molecular complexity index is 734. The first-order chi connectivity index (χ1) is 10.6. The molecule has 1 aromatic carbocycles. The van der Waals surface area contributed by atoms with Gasteiger partial charge in [0.15, 0.2) is 5.58 Å². The van der Waals surface area contributed by atoms with Crippen molar-refractivity contribution in [2.45, 2.75) is 32.4 Å². The minimum Gasteiger partial charge on any atom is -0.408 e. The number of hydrogen-bond donors (Lipinski definition) is 1. The Labute approximate surface area is 128 Å². The zero-order valence-electron chi connectivity index (χ0n) is 12.7. The fraction of sp³-hybridized carbons (Fsp3) is 0.500. The molecule has 0 spiro atoms. The minimum absolute atomic E-state index is 0.0700. The summed E-state index contributed by atoms with van der Waals surface area (Å²) < 4.78 is 6.70. The molecular weight excluding hydrogens is 282 g/mol. The SMILES string of the molecule is CC1CC(CN)CN1C(=O)CCn1c(=O)oc2ccccc21. The van der Waals surface area contributed by atoms with E-state index >= 15 is 0 Å². The largest absolute Gasteiger partial charge is 0.419 e. The van der Waals surface area contributed by atoms with Crippen LogP contribution < -0.4 is 11.5 Å². The van der Waals surface area contributed by atoms with Gasteiger partial charge in [0, 0.05) is 25.6 Å². The van der Waals surface area contributed by atoms with Gasteiger partial charge in [0.05, 0.1) is 5.52 Å². The van der Waals surface area contributed by atoms with Crippen molar-refractivity contribution >= 4 is 17.0 Å². The highest BCUT2D eigenvalue weighted by Gasteiger charge is 2.31. The molecule has 1 amide bonds. The van der Waals surface area contributed by atoms with Gasteiger partial charge in [0.25, 0.3) is 0 Å². The number of rotatable bonds is 4. The lowest BCUT2D eigenvalue weighted by molar-refractivity contribution is -0.132. The molecule has 0 aliphatic carbocycles. The second-order valence-electron chi connectivity index (χ2n) is 5.97. The third kappa shape index (κ3) is 2.66. The molecule has 1 aliphatic rings. The third-order valence-electron chi connectivity index (χ3n) is 4.44. The van der Waals surface area contributed by atoms with Crippen LogP contribution in [0.1, 0.15) is 19.8 Å². The number of benzene rings is 1. The van der Waals surface area contributed by atoms with Crippen molar-refractivity contribution in [1.29, 1.82) is 0 Å². The molecule has 2 heterocycles. The van der Waals surface area contributed by atoms with Crippen molar-refractivity contribution in [2.75, 3.05) is 13.1 Å². The molecule has 1 aliphatic heterocycles. The molecule has 0 bridgehead atoms. The van der Waals surface area contributed by atoms with Crippen LogP contribution in [0, 0.1) is 5.92 Å². The number of aryl methyl sites for hydroxylation is 1. The highest BCUT2D eigenvalue weighted by Crippen LogP contribution is 2.23. The Morgan fingerprint density at radius 1 is 1.41 bits per heavy atom. The van der Waals surface area contributed by atoms with E-state index in [1.807, 2.05) is 30.0 Å². The van der Waals surface area contributed by atoms with Crippen molar-refractivity contribution in [3.05, 3.63) is 34.8 Å². The van der Waals surface area contributed by atoms with Crippen LogP contribution in [0.2, 0.25) is 0 Å². The molecule has 3 rings (SSSR count). The van der Waals surface area contributed by atoms with Crippen LogP contribution in [0.4, 0.5) is 0 Å². The molecule has 0 radical (unpaired) electrons. The smallest absolute Gasteiger partial charge is 0.408 e. The van der Waals surface area contributed by atoms with E-state index in [2.05, 4.69) is 0 Å². The van der Waals surface area contributed by atoms with E-state index in [1.54, 1.807) is 6.07 Å². The van der Waals surface area contributed by atoms with Gasteiger partial charge in [0.1, 0.15) is 0 Å². The molecule has 1 fully saturated rings. The number of para-hydroxylation sites is 2. The molecule has 22 heavy (non-hydrogen) atoms. The number of carbonyl (C=O) groups excluding carboxylic acids is 1. The second-order valence-corrected chi connectivity index (χ2v) is 5.97. The zero-order chi connectivity index (χ0) is 15.7. The maximum Gasteiger partial charge on any atom is 0.419 e. The summed E-state index contributed by atoms with van der Waals surface area (Å²) in [4.78, 5) is 26.2. The molecule has 2 aromatic rings. The summed E-state index contributed by atoms with van der Waals surface area (Å²) >= 11 is 0. The molecule has 0 saturated carbocycles. The molecule has 2 N–H and O–H groups in total. The fourth-order valence-electron chi connectivity index (χ4n) is 3.24. The number of hydrogen-bond acceptors (Lipinski definition) is 4. The number of aromatic nitrogens is 1. The number of oxazole rings is 1. The van der Waals surface area contributed by atoms with Gasteiger partial charge in [-0.05, 0) is 37.9 Å². The molecule has 2 unspecified atom stereocenters. The lowest BCUT2D eigenvalue weighted by atomic mass is 10.1. The Morgan fingerprint density at radius 2 is 2.18 bits per heavy atom. The lowest BCUT2D eigenvalue weighted by Gasteiger charge is -2.21. The number of nitrogens with two attached hydrogens (primary N) is 1. The van der Waals surface area contributed by atoms with Crippen molar-refractivity contribution < 1.29 is 9.21 Å². The first-order valence-electron chi connectivity index (χ1n) is 7.68. The topological polar surface area (TPSA) is 81.5 Å². The Kier molecular flexibility index (Phi) is 4.02. The Hall–Kier alpha value is -2.08. The minimum atomic E-state index is -0.414. The summed E-state index contributed by atoms with van der Waals surface area (Å²) in [5, 5.41) is 0. The number of carbonyl (C=O) groups is 1. The number of likely N-dealkylation sites (tertiary alicyclic amines) is 1. The van der Waals surface area contributed by atoms with Crippen LogP contribution in [0.15, 0.2) is 33.5 Å². The average molecular weight is 303 g/mol. The van der Waals surface area contributed by atoms with Crippen LogP contribution in [0.3, 0.4) is 0 Å². The Balaban J connectivity index is 1.70. The summed E-state index contributed by atoms with van der Waals surface area (Å²) in [5.74, 6) is 0.0420. The monoisotopic (exact) mass is 303 g/mol. The first kappa shape index (κ1) is 14.8. The predicted octanol–water partition coefficient (Wildman–Crippen LogP) is 1.18. The van der Waals surface area contributed by atoms with Gasteiger partial charge in [-0.3, -0.25) is 9.36 Å². The lowest BCUT2D eigenvalue weighted by Crippen LogP contribution is -2.35. The number of fused-ring (bicyclic) bond motifs is 1. The summed E-state index contributed by atoms with van der Waals surface area (Å²) in [7, 11) is 0. The highest BCUT2D eigenvalue weighted by atomic mass is 16.4. The molecule has 118 valence electrons. The van der Waals surface area contributed by atoms with Crippen molar-refractivity contribution in [1.82, 2.24) is 9.47 Å². The van der Waals surface area contributed by atoms with E-state index in [9.17, 15) is 9.59 Å². The van der Waals surface area contributed by atoms with E-state index in [1.165, 1.54) is 4.57 Å². The van der Waals surface area contributed by atoms with Gasteiger partial charge in [0.2, 0.25) is 5.91 Å². The van der Waals surface area contributed by atoms with Crippen LogP contribution in [0.5, 0.6) is 0 Å². The van der Waals surface area contributed by atoms with Crippen LogP contribution in [-0.2, 0) is 11.3 Å². The first-order valence-corrected chi connectivity index (χ1v) is 7.68. The molecule has 6 heteroatoms. The van der Waals surface area contributed by atoms with E-state index in [0.717, 1.165) is 18.5 Å². The van der Waals surface area contributed by atoms with E-state index in [0.29, 0.717) is 31.0 Å².